The van der Waals surface area contributed by atoms with Gasteiger partial charge < -0.3 is 31.9 Å². The third-order valence-electron chi connectivity index (χ3n) is 7.67. The van der Waals surface area contributed by atoms with E-state index >= 15 is 0 Å². The molecular weight excluding hydrogens is 592 g/mol. The summed E-state index contributed by atoms with van der Waals surface area (Å²) >= 11 is 4.07. The van der Waals surface area contributed by atoms with Crippen LogP contribution < -0.4 is 22.7 Å². The molecule has 250 valence electrons. The highest BCUT2D eigenvalue weighted by molar-refractivity contribution is 7.80. The number of hydrogen-bond acceptors (Lipinski definition) is 4. The van der Waals surface area contributed by atoms with E-state index in [-0.39, 0.29) is 23.0 Å². The Morgan fingerprint density at radius 2 is 0.927 bits per heavy atom. The van der Waals surface area contributed by atoms with E-state index in [1.165, 1.54) is 148 Å². The Morgan fingerprint density at radius 1 is 0.610 bits per heavy atom. The molecule has 41 heavy (non-hydrogen) atoms. The zero-order chi connectivity index (χ0) is 30.2. The van der Waals surface area contributed by atoms with Gasteiger partial charge in [0.1, 0.15) is 6.04 Å². The predicted octanol–water partition coefficient (Wildman–Crippen LogP) is 7.28. The summed E-state index contributed by atoms with van der Waals surface area (Å²) in [5, 5.41) is 0. The molecule has 4 nitrogen and oxygen atoms in total. The van der Waals surface area contributed by atoms with Gasteiger partial charge in [0.2, 0.25) is 0 Å². The molecule has 0 unspecified atom stereocenters. The summed E-state index contributed by atoms with van der Waals surface area (Å²) in [6.45, 7) is 6.40. The van der Waals surface area contributed by atoms with Crippen LogP contribution in [-0.2, 0) is 9.53 Å². The number of halogens is 1. The molecule has 0 bridgehead atoms. The summed E-state index contributed by atoms with van der Waals surface area (Å²) in [5.74, 6) is 0.341. The highest BCUT2D eigenvalue weighted by Crippen LogP contribution is 2.13. The summed E-state index contributed by atoms with van der Waals surface area (Å²) in [6, 6.07) is -0.505. The molecule has 0 radical (unpaired) electrons. The van der Waals surface area contributed by atoms with E-state index in [2.05, 4.69) is 47.6 Å². The first-order chi connectivity index (χ1) is 19.3. The minimum atomic E-state index is -0.505. The number of ether oxygens (including phenoxy) is 1. The molecule has 2 N–H and O–H groups in total. The SMILES string of the molecule is CCCCCCCCCCCCCCCCOC(=O)[C@@H](N)CCS.CCCCCCCCCCCC[N+](C)(C)C.[Br-]. The van der Waals surface area contributed by atoms with Crippen molar-refractivity contribution >= 4 is 18.6 Å². The fraction of sp³-hybridized carbons (Fsp3) is 0.971. The first kappa shape index (κ1) is 45.6. The predicted molar refractivity (Wildman–Crippen MR) is 182 cm³/mol. The van der Waals surface area contributed by atoms with Gasteiger partial charge in [-0.2, -0.15) is 12.6 Å². The molecule has 0 aliphatic heterocycles. The fourth-order valence-electron chi connectivity index (χ4n) is 4.91. The van der Waals surface area contributed by atoms with Crippen LogP contribution >= 0.6 is 12.6 Å². The Morgan fingerprint density at radius 3 is 1.24 bits per heavy atom. The zero-order valence-electron chi connectivity index (χ0n) is 28.5. The normalized spacial score (nSPS) is 11.9. The van der Waals surface area contributed by atoms with Gasteiger partial charge in [0.05, 0.1) is 34.3 Å². The molecule has 0 aliphatic rings. The number of carbonyl (C=O) groups excluding carboxylic acids is 1. The average molecular weight is 668 g/mol. The van der Waals surface area contributed by atoms with Crippen LogP contribution in [0.15, 0.2) is 0 Å². The van der Waals surface area contributed by atoms with Crippen molar-refractivity contribution in [3.8, 4) is 0 Å². The van der Waals surface area contributed by atoms with E-state index in [0.717, 1.165) is 17.3 Å². The molecule has 0 aromatic carbocycles. The summed E-state index contributed by atoms with van der Waals surface area (Å²) < 4.78 is 6.29. The van der Waals surface area contributed by atoms with Gasteiger partial charge in [-0.15, -0.1) is 0 Å². The molecule has 0 saturated heterocycles. The largest absolute Gasteiger partial charge is 1.00 e. The molecule has 0 aliphatic carbocycles. The zero-order valence-corrected chi connectivity index (χ0v) is 31.0. The van der Waals surface area contributed by atoms with Crippen molar-refractivity contribution in [2.24, 2.45) is 5.73 Å². The standard InChI is InChI=1S/C20H41NO2S.C15H34N.BrH/c1-2-3-4-5-6-7-8-9-10-11-12-13-14-15-17-23-20(22)19(21)16-18-24;1-5-6-7-8-9-10-11-12-13-14-15-16(2,3)4;/h19,24H,2-18,21H2,1H3;5-15H2,1-4H3;1H/q;+1;/p-1/t19-;;/m0../s1. The minimum absolute atomic E-state index is 0. The lowest BCUT2D eigenvalue weighted by molar-refractivity contribution is -0.870. The number of hydrogen-bond donors (Lipinski definition) is 2. The van der Waals surface area contributed by atoms with Crippen LogP contribution in [0.4, 0.5) is 0 Å². The van der Waals surface area contributed by atoms with Crippen molar-refractivity contribution in [3.63, 3.8) is 0 Å². The molecule has 6 heteroatoms. The van der Waals surface area contributed by atoms with E-state index in [4.69, 9.17) is 10.5 Å². The number of nitrogens with two attached hydrogens (primary N) is 1. The highest BCUT2D eigenvalue weighted by atomic mass is 79.9. The van der Waals surface area contributed by atoms with Gasteiger partial charge in [-0.3, -0.25) is 4.79 Å². The number of esters is 1. The monoisotopic (exact) mass is 666 g/mol. The number of rotatable bonds is 29. The van der Waals surface area contributed by atoms with Gasteiger partial charge in [-0.1, -0.05) is 149 Å². The Kier molecular flexibility index (Phi) is 40.5. The van der Waals surface area contributed by atoms with Crippen molar-refractivity contribution in [1.29, 1.82) is 0 Å². The first-order valence-corrected chi connectivity index (χ1v) is 18.2. The molecule has 0 heterocycles. The summed E-state index contributed by atoms with van der Waals surface area (Å²) in [5.41, 5.74) is 5.66. The lowest BCUT2D eigenvalue weighted by Gasteiger charge is -2.23. The third-order valence-corrected chi connectivity index (χ3v) is 7.93. The number of unbranched alkanes of at least 4 members (excludes halogenated alkanes) is 22. The summed E-state index contributed by atoms with van der Waals surface area (Å²) in [4.78, 5) is 11.5. The Labute approximate surface area is 274 Å². The molecule has 1 atom stereocenters. The molecule has 0 amide bonds. The maximum Gasteiger partial charge on any atom is 0.322 e. The van der Waals surface area contributed by atoms with E-state index < -0.39 is 6.04 Å². The average Bonchev–Trinajstić information content (AvgIpc) is 2.91. The molecule has 0 rings (SSSR count). The number of thiol groups is 1. The maximum absolute atomic E-state index is 11.5. The van der Waals surface area contributed by atoms with Crippen LogP contribution in [0.2, 0.25) is 0 Å². The second kappa shape index (κ2) is 36.4. The van der Waals surface area contributed by atoms with Gasteiger partial charge in [0.15, 0.2) is 0 Å². The Bertz CT molecular complexity index is 503. The van der Waals surface area contributed by atoms with Crippen molar-refractivity contribution < 1.29 is 31.0 Å². The van der Waals surface area contributed by atoms with Gasteiger partial charge in [0, 0.05) is 0 Å². The van der Waals surface area contributed by atoms with E-state index in [1.807, 2.05) is 0 Å². The number of nitrogens with zero attached hydrogens (tertiary/aromatic N) is 1. The molecule has 0 fully saturated rings. The van der Waals surface area contributed by atoms with Crippen LogP contribution in [0.25, 0.3) is 0 Å². The molecule has 0 aromatic heterocycles. The third kappa shape index (κ3) is 42.4. The fourth-order valence-corrected chi connectivity index (χ4v) is 5.19. The number of quaternary nitrogens is 1. The summed E-state index contributed by atoms with van der Waals surface area (Å²) in [7, 11) is 6.86. The van der Waals surface area contributed by atoms with Crippen molar-refractivity contribution in [1.82, 2.24) is 0 Å². The van der Waals surface area contributed by atoms with Crippen LogP contribution in [-0.4, -0.2) is 56.5 Å². The molecular formula is C35H75BrN2O2S. The van der Waals surface area contributed by atoms with Crippen molar-refractivity contribution in [3.05, 3.63) is 0 Å². The molecule has 0 saturated carbocycles. The number of carbonyl (C=O) groups is 1. The van der Waals surface area contributed by atoms with Gasteiger partial charge in [-0.05, 0) is 31.4 Å². The van der Waals surface area contributed by atoms with E-state index in [9.17, 15) is 4.79 Å². The van der Waals surface area contributed by atoms with E-state index in [0.29, 0.717) is 18.8 Å². The lowest BCUT2D eigenvalue weighted by atomic mass is 10.0. The van der Waals surface area contributed by atoms with Crippen LogP contribution in [0.3, 0.4) is 0 Å². The topological polar surface area (TPSA) is 52.3 Å². The first-order valence-electron chi connectivity index (χ1n) is 17.6. The lowest BCUT2D eigenvalue weighted by Crippen LogP contribution is -3.00. The van der Waals surface area contributed by atoms with Crippen LogP contribution in [0, 0.1) is 0 Å². The molecule has 0 spiro atoms. The second-order valence-electron chi connectivity index (χ2n) is 13.1. The smallest absolute Gasteiger partial charge is 0.322 e. The van der Waals surface area contributed by atoms with Crippen LogP contribution in [0.5, 0.6) is 0 Å². The minimum Gasteiger partial charge on any atom is -1.00 e. The quantitative estimate of drug-likeness (QED) is 0.0382. The Balaban J connectivity index is -0.000000742. The van der Waals surface area contributed by atoms with Gasteiger partial charge in [0.25, 0.3) is 0 Å². The second-order valence-corrected chi connectivity index (χ2v) is 13.5. The summed E-state index contributed by atoms with van der Waals surface area (Å²) in [6.07, 6.45) is 33.6. The Hall–Kier alpha value is 0.220. The van der Waals surface area contributed by atoms with Crippen LogP contribution in [0.1, 0.15) is 174 Å². The van der Waals surface area contributed by atoms with Crippen molar-refractivity contribution in [2.75, 3.05) is 40.0 Å². The van der Waals surface area contributed by atoms with E-state index in [1.54, 1.807) is 0 Å². The maximum atomic E-state index is 11.5. The highest BCUT2D eigenvalue weighted by Gasteiger charge is 2.13. The van der Waals surface area contributed by atoms with Gasteiger partial charge in [-0.25, -0.2) is 0 Å². The van der Waals surface area contributed by atoms with Crippen molar-refractivity contribution in [2.45, 2.75) is 180 Å². The van der Waals surface area contributed by atoms with Gasteiger partial charge >= 0.3 is 5.97 Å². The molecule has 0 aromatic rings.